The highest BCUT2D eigenvalue weighted by Crippen LogP contribution is 2.35. The fourth-order valence-corrected chi connectivity index (χ4v) is 4.30. The molecule has 2 heterocycles. The number of rotatable bonds is 7. The number of guanidine groups is 1. The van der Waals surface area contributed by atoms with Crippen LogP contribution in [-0.2, 0) is 17.8 Å². The molecule has 1 amide bonds. The van der Waals surface area contributed by atoms with Gasteiger partial charge in [-0.15, -0.1) is 24.0 Å². The number of amides is 1. The van der Waals surface area contributed by atoms with Crippen LogP contribution >= 0.6 is 24.0 Å². The second-order valence-electron chi connectivity index (χ2n) is 8.25. The van der Waals surface area contributed by atoms with Crippen LogP contribution in [0.3, 0.4) is 0 Å². The maximum absolute atomic E-state index is 12.1. The lowest BCUT2D eigenvalue weighted by Gasteiger charge is -2.26. The molecule has 2 aliphatic heterocycles. The summed E-state index contributed by atoms with van der Waals surface area (Å²) >= 11 is 0. The molecule has 7 nitrogen and oxygen atoms in total. The Labute approximate surface area is 212 Å². The predicted molar refractivity (Wildman–Crippen MR) is 142 cm³/mol. The minimum absolute atomic E-state index is 0. The van der Waals surface area contributed by atoms with E-state index >= 15 is 0 Å². The van der Waals surface area contributed by atoms with Crippen molar-refractivity contribution in [3.05, 3.63) is 53.1 Å². The molecule has 33 heavy (non-hydrogen) atoms. The molecule has 0 saturated heterocycles. The average Bonchev–Trinajstić information content (AvgIpc) is 3.14. The highest BCUT2D eigenvalue weighted by atomic mass is 127. The zero-order valence-corrected chi connectivity index (χ0v) is 21.8. The summed E-state index contributed by atoms with van der Waals surface area (Å²) < 4.78 is 11.8. The van der Waals surface area contributed by atoms with E-state index in [0.29, 0.717) is 32.1 Å². The van der Waals surface area contributed by atoms with Crippen LogP contribution in [0, 0.1) is 0 Å². The van der Waals surface area contributed by atoms with Crippen LogP contribution in [0.2, 0.25) is 0 Å². The van der Waals surface area contributed by atoms with Crippen molar-refractivity contribution in [3.63, 3.8) is 0 Å². The Kier molecular flexibility index (Phi) is 8.82. The van der Waals surface area contributed by atoms with Gasteiger partial charge in [-0.2, -0.15) is 0 Å². The molecule has 0 spiro atoms. The summed E-state index contributed by atoms with van der Waals surface area (Å²) in [6.07, 6.45) is 1.55. The van der Waals surface area contributed by atoms with Crippen LogP contribution in [0.25, 0.3) is 0 Å². The van der Waals surface area contributed by atoms with Gasteiger partial charge in [-0.05, 0) is 44.5 Å². The Morgan fingerprint density at radius 3 is 2.82 bits per heavy atom. The normalized spacial score (nSPS) is 18.9. The molecule has 0 fully saturated rings. The second kappa shape index (κ2) is 11.6. The number of fused-ring (bicyclic) bond motifs is 2. The summed E-state index contributed by atoms with van der Waals surface area (Å²) in [7, 11) is 0. The molecule has 2 unspecified atom stereocenters. The van der Waals surface area contributed by atoms with E-state index < -0.39 is 0 Å². The number of ether oxygens (including phenoxy) is 2. The summed E-state index contributed by atoms with van der Waals surface area (Å²) in [6, 6.07) is 12.1. The number of aliphatic imine (C=N–C) groups is 1. The van der Waals surface area contributed by atoms with Crippen molar-refractivity contribution in [1.82, 2.24) is 10.6 Å². The summed E-state index contributed by atoms with van der Waals surface area (Å²) in [5.41, 5.74) is 4.23. The van der Waals surface area contributed by atoms with E-state index in [0.717, 1.165) is 41.3 Å². The first-order valence-electron chi connectivity index (χ1n) is 11.4. The van der Waals surface area contributed by atoms with Gasteiger partial charge in [0.05, 0.1) is 13.2 Å². The molecule has 8 heteroatoms. The largest absolute Gasteiger partial charge is 0.494 e. The quantitative estimate of drug-likeness (QED) is 0.267. The zero-order valence-electron chi connectivity index (χ0n) is 19.4. The number of anilines is 1. The van der Waals surface area contributed by atoms with Crippen LogP contribution in [0.15, 0.2) is 41.4 Å². The minimum atomic E-state index is 0. The maximum Gasteiger partial charge on any atom is 0.225 e. The lowest BCUT2D eigenvalue weighted by Crippen LogP contribution is -2.40. The Bertz CT molecular complexity index is 1010. The fraction of sp³-hybridized carbons (Fsp3) is 0.440. The van der Waals surface area contributed by atoms with Crippen LogP contribution in [0.4, 0.5) is 5.69 Å². The Morgan fingerprint density at radius 2 is 2.03 bits per heavy atom. The van der Waals surface area contributed by atoms with Crippen molar-refractivity contribution < 1.29 is 14.3 Å². The SMILES string of the molecule is CCNC(=NCc1cc2c(cc1OCC)CC(C)O2)NCC1CC(=O)Nc2ccccc21.I. The van der Waals surface area contributed by atoms with Crippen LogP contribution in [-0.4, -0.2) is 37.7 Å². The molecular weight excluding hydrogens is 531 g/mol. The highest BCUT2D eigenvalue weighted by Gasteiger charge is 2.25. The molecule has 0 bridgehead atoms. The number of hydrogen-bond acceptors (Lipinski definition) is 4. The lowest BCUT2D eigenvalue weighted by atomic mass is 9.90. The van der Waals surface area contributed by atoms with Crippen LogP contribution in [0.5, 0.6) is 11.5 Å². The van der Waals surface area contributed by atoms with Crippen molar-refractivity contribution in [1.29, 1.82) is 0 Å². The molecule has 0 aromatic heterocycles. The van der Waals surface area contributed by atoms with Crippen molar-refractivity contribution in [3.8, 4) is 11.5 Å². The molecule has 178 valence electrons. The average molecular weight is 564 g/mol. The van der Waals surface area contributed by atoms with Gasteiger partial charge in [0, 0.05) is 48.7 Å². The van der Waals surface area contributed by atoms with Gasteiger partial charge in [-0.25, -0.2) is 4.99 Å². The standard InChI is InChI=1S/C25H32N4O3.HI/c1-4-26-25(27-14-18-13-24(30)29-21-9-7-6-8-20(18)21)28-15-19-12-23-17(10-16(3)32-23)11-22(19)31-5-2;/h6-9,11-12,16,18H,4-5,10,13-15H2,1-3H3,(H,29,30)(H2,26,27,28);1H. The van der Waals surface area contributed by atoms with E-state index in [1.807, 2.05) is 32.0 Å². The number of carbonyl (C=O) groups is 1. The fourth-order valence-electron chi connectivity index (χ4n) is 4.30. The number of carbonyl (C=O) groups excluding carboxylic acids is 1. The van der Waals surface area contributed by atoms with Gasteiger partial charge in [-0.3, -0.25) is 4.79 Å². The van der Waals surface area contributed by atoms with E-state index in [1.165, 1.54) is 5.56 Å². The van der Waals surface area contributed by atoms with E-state index in [-0.39, 0.29) is 41.9 Å². The van der Waals surface area contributed by atoms with E-state index in [9.17, 15) is 4.79 Å². The van der Waals surface area contributed by atoms with Crippen LogP contribution in [0.1, 0.15) is 49.8 Å². The third kappa shape index (κ3) is 6.10. The molecule has 2 aliphatic rings. The molecule has 2 atom stereocenters. The van der Waals surface area contributed by atoms with Gasteiger partial charge in [0.1, 0.15) is 17.6 Å². The monoisotopic (exact) mass is 564 g/mol. The predicted octanol–water partition coefficient (Wildman–Crippen LogP) is 4.21. The first-order valence-corrected chi connectivity index (χ1v) is 11.4. The smallest absolute Gasteiger partial charge is 0.225 e. The summed E-state index contributed by atoms with van der Waals surface area (Å²) in [5, 5.41) is 9.68. The first-order chi connectivity index (χ1) is 15.6. The number of hydrogen-bond donors (Lipinski definition) is 3. The highest BCUT2D eigenvalue weighted by molar-refractivity contribution is 14.0. The summed E-state index contributed by atoms with van der Waals surface area (Å²) in [4.78, 5) is 16.9. The number of benzene rings is 2. The Balaban J connectivity index is 0.00000306. The molecule has 4 rings (SSSR count). The minimum Gasteiger partial charge on any atom is -0.494 e. The van der Waals surface area contributed by atoms with Crippen molar-refractivity contribution in [2.75, 3.05) is 25.0 Å². The molecular formula is C25H33IN4O3. The number of para-hydroxylation sites is 1. The van der Waals surface area contributed by atoms with E-state index in [2.05, 4.69) is 41.1 Å². The van der Waals surface area contributed by atoms with E-state index in [4.69, 9.17) is 14.5 Å². The maximum atomic E-state index is 12.1. The molecule has 2 aromatic rings. The molecule has 0 aliphatic carbocycles. The van der Waals surface area contributed by atoms with Crippen LogP contribution < -0.4 is 25.4 Å². The van der Waals surface area contributed by atoms with Gasteiger partial charge in [0.2, 0.25) is 5.91 Å². The van der Waals surface area contributed by atoms with Gasteiger partial charge >= 0.3 is 0 Å². The van der Waals surface area contributed by atoms with Gasteiger partial charge in [-0.1, -0.05) is 18.2 Å². The molecule has 0 radical (unpaired) electrons. The summed E-state index contributed by atoms with van der Waals surface area (Å²) in [6.45, 7) is 8.55. The van der Waals surface area contributed by atoms with Crippen molar-refractivity contribution in [2.24, 2.45) is 4.99 Å². The first kappa shape index (κ1) is 25.1. The third-order valence-corrected chi connectivity index (χ3v) is 5.75. The van der Waals surface area contributed by atoms with Gasteiger partial charge in [0.15, 0.2) is 5.96 Å². The summed E-state index contributed by atoms with van der Waals surface area (Å²) in [5.74, 6) is 2.65. The molecule has 2 aromatic carbocycles. The second-order valence-corrected chi connectivity index (χ2v) is 8.25. The zero-order chi connectivity index (χ0) is 22.5. The Morgan fingerprint density at radius 1 is 1.21 bits per heavy atom. The number of halogens is 1. The van der Waals surface area contributed by atoms with Crippen molar-refractivity contribution >= 4 is 41.5 Å². The van der Waals surface area contributed by atoms with Gasteiger partial charge < -0.3 is 25.4 Å². The number of nitrogens with one attached hydrogen (secondary N) is 3. The van der Waals surface area contributed by atoms with Crippen molar-refractivity contribution in [2.45, 2.75) is 52.2 Å². The number of nitrogens with zero attached hydrogens (tertiary/aromatic N) is 1. The molecule has 3 N–H and O–H groups in total. The molecule has 0 saturated carbocycles. The van der Waals surface area contributed by atoms with Gasteiger partial charge in [0.25, 0.3) is 0 Å². The lowest BCUT2D eigenvalue weighted by molar-refractivity contribution is -0.116. The van der Waals surface area contributed by atoms with E-state index in [1.54, 1.807) is 0 Å². The Hall–Kier alpha value is -2.49. The topological polar surface area (TPSA) is 84.0 Å². The third-order valence-electron chi connectivity index (χ3n) is 5.75.